The third kappa shape index (κ3) is 7.01. The Balaban J connectivity index is 1.75. The highest BCUT2D eigenvalue weighted by Crippen LogP contribution is 2.43. The second-order valence-corrected chi connectivity index (χ2v) is 10.9. The van der Waals surface area contributed by atoms with Crippen LogP contribution < -0.4 is 18.9 Å². The van der Waals surface area contributed by atoms with Crippen LogP contribution in [0.5, 0.6) is 23.0 Å². The molecule has 0 radical (unpaired) electrons. The van der Waals surface area contributed by atoms with Crippen molar-refractivity contribution in [1.82, 2.24) is 9.80 Å². The van der Waals surface area contributed by atoms with Gasteiger partial charge < -0.3 is 33.9 Å². The maximum absolute atomic E-state index is 13.6. The molecule has 42 heavy (non-hydrogen) atoms. The molecular formula is C33H44N2O7. The Hall–Kier alpha value is -3.72. The molecule has 1 saturated heterocycles. The van der Waals surface area contributed by atoms with E-state index in [2.05, 4.69) is 32.6 Å². The Kier molecular flexibility index (Phi) is 10.7. The fourth-order valence-electron chi connectivity index (χ4n) is 5.29. The van der Waals surface area contributed by atoms with Gasteiger partial charge in [0.1, 0.15) is 19.0 Å². The number of fused-ring (bicyclic) bond motifs is 1. The van der Waals surface area contributed by atoms with Gasteiger partial charge in [0.05, 0.1) is 24.8 Å². The normalized spacial score (nSPS) is 17.8. The molecule has 0 spiro atoms. The SMILES string of the molecule is CCOc1cc([C@@H]2C(=C(O)c3ccc4c(c3)OCCO4)C(=O)C(=O)N2CCCN(CC)CC)ccc1OCCC(C)C. The molecule has 9 nitrogen and oxygen atoms in total. The van der Waals surface area contributed by atoms with Crippen LogP contribution in [0.1, 0.15) is 64.6 Å². The van der Waals surface area contributed by atoms with Crippen LogP contribution in [0, 0.1) is 5.92 Å². The van der Waals surface area contributed by atoms with Crippen molar-refractivity contribution < 1.29 is 33.6 Å². The van der Waals surface area contributed by atoms with E-state index < -0.39 is 17.7 Å². The number of aliphatic hydroxyl groups excluding tert-OH is 1. The van der Waals surface area contributed by atoms with Crippen molar-refractivity contribution in [3.63, 3.8) is 0 Å². The molecule has 1 atom stereocenters. The molecular weight excluding hydrogens is 536 g/mol. The summed E-state index contributed by atoms with van der Waals surface area (Å²) in [4.78, 5) is 30.9. The number of nitrogens with zero attached hydrogens (tertiary/aromatic N) is 2. The lowest BCUT2D eigenvalue weighted by Gasteiger charge is -2.27. The largest absolute Gasteiger partial charge is 0.507 e. The molecule has 2 aliphatic rings. The minimum absolute atomic E-state index is 0.0374. The predicted molar refractivity (Wildman–Crippen MR) is 161 cm³/mol. The van der Waals surface area contributed by atoms with E-state index in [-0.39, 0.29) is 11.3 Å². The summed E-state index contributed by atoms with van der Waals surface area (Å²) in [6, 6.07) is 9.71. The van der Waals surface area contributed by atoms with E-state index in [1.54, 1.807) is 23.1 Å². The molecule has 228 valence electrons. The van der Waals surface area contributed by atoms with Crippen LogP contribution in [0.3, 0.4) is 0 Å². The summed E-state index contributed by atoms with van der Waals surface area (Å²) in [7, 11) is 0. The van der Waals surface area contributed by atoms with Crippen molar-refractivity contribution in [2.24, 2.45) is 5.92 Å². The monoisotopic (exact) mass is 580 g/mol. The third-order valence-electron chi connectivity index (χ3n) is 7.66. The second kappa shape index (κ2) is 14.4. The van der Waals surface area contributed by atoms with Crippen LogP contribution >= 0.6 is 0 Å². The highest BCUT2D eigenvalue weighted by molar-refractivity contribution is 6.46. The lowest BCUT2D eigenvalue weighted by molar-refractivity contribution is -0.140. The van der Waals surface area contributed by atoms with Gasteiger partial charge in [-0.25, -0.2) is 0 Å². The predicted octanol–water partition coefficient (Wildman–Crippen LogP) is 5.44. The van der Waals surface area contributed by atoms with Gasteiger partial charge in [-0.05, 0) is 81.2 Å². The van der Waals surface area contributed by atoms with E-state index in [9.17, 15) is 14.7 Å². The quantitative estimate of drug-likeness (QED) is 0.179. The first kappa shape index (κ1) is 31.2. The summed E-state index contributed by atoms with van der Waals surface area (Å²) >= 11 is 0. The van der Waals surface area contributed by atoms with E-state index in [1.807, 2.05) is 25.1 Å². The molecule has 1 amide bonds. The maximum Gasteiger partial charge on any atom is 0.295 e. The number of benzene rings is 2. The van der Waals surface area contributed by atoms with Crippen molar-refractivity contribution in [2.75, 3.05) is 52.6 Å². The summed E-state index contributed by atoms with van der Waals surface area (Å²) < 4.78 is 23.3. The molecule has 2 aromatic carbocycles. The molecule has 0 aliphatic carbocycles. The zero-order valence-corrected chi connectivity index (χ0v) is 25.5. The van der Waals surface area contributed by atoms with Gasteiger partial charge in [0.25, 0.3) is 11.7 Å². The minimum Gasteiger partial charge on any atom is -0.507 e. The van der Waals surface area contributed by atoms with Gasteiger partial charge in [0.2, 0.25) is 0 Å². The zero-order chi connectivity index (χ0) is 30.2. The average Bonchev–Trinajstić information content (AvgIpc) is 3.24. The number of carbonyl (C=O) groups is 2. The number of ketones is 1. The fraction of sp³-hybridized carbons (Fsp3) is 0.515. The zero-order valence-electron chi connectivity index (χ0n) is 25.5. The van der Waals surface area contributed by atoms with Gasteiger partial charge in [0, 0.05) is 12.1 Å². The van der Waals surface area contributed by atoms with Crippen LogP contribution in [-0.4, -0.2) is 79.2 Å². The summed E-state index contributed by atoms with van der Waals surface area (Å²) in [6.45, 7) is 15.1. The van der Waals surface area contributed by atoms with Crippen molar-refractivity contribution in [3.05, 3.63) is 53.1 Å². The number of ether oxygens (including phenoxy) is 4. The highest BCUT2D eigenvalue weighted by atomic mass is 16.6. The first-order chi connectivity index (χ1) is 20.3. The van der Waals surface area contributed by atoms with Crippen LogP contribution in [-0.2, 0) is 9.59 Å². The third-order valence-corrected chi connectivity index (χ3v) is 7.66. The molecule has 0 saturated carbocycles. The standard InChI is InChI=1S/C33H44N2O7/c1-6-34(7-2)15-9-16-35-30(23-10-12-25(27(20-23)39-8-3)40-17-14-22(4)5)29(32(37)33(35)38)31(36)24-11-13-26-28(21-24)42-19-18-41-26/h10-13,20-22,30,36H,6-9,14-19H2,1-5H3/t30-/m1/s1. The van der Waals surface area contributed by atoms with Crippen molar-refractivity contribution in [1.29, 1.82) is 0 Å². The van der Waals surface area contributed by atoms with Crippen LogP contribution in [0.4, 0.5) is 0 Å². The van der Waals surface area contributed by atoms with Gasteiger partial charge in [-0.2, -0.15) is 0 Å². The molecule has 2 aliphatic heterocycles. The van der Waals surface area contributed by atoms with Gasteiger partial charge >= 0.3 is 0 Å². The van der Waals surface area contributed by atoms with Gasteiger partial charge in [-0.3, -0.25) is 9.59 Å². The Morgan fingerprint density at radius 2 is 1.74 bits per heavy atom. The molecule has 4 rings (SSSR count). The Morgan fingerprint density at radius 3 is 2.43 bits per heavy atom. The number of carbonyl (C=O) groups excluding carboxylic acids is 2. The molecule has 0 aromatic heterocycles. The van der Waals surface area contributed by atoms with Gasteiger partial charge in [-0.1, -0.05) is 33.8 Å². The Morgan fingerprint density at radius 1 is 1.00 bits per heavy atom. The molecule has 0 unspecified atom stereocenters. The summed E-state index contributed by atoms with van der Waals surface area (Å²) in [5.74, 6) is 1.09. The summed E-state index contributed by atoms with van der Waals surface area (Å²) in [5.41, 5.74) is 1.08. The molecule has 0 bridgehead atoms. The number of amides is 1. The van der Waals surface area contributed by atoms with Gasteiger partial charge in [-0.15, -0.1) is 0 Å². The van der Waals surface area contributed by atoms with Crippen LogP contribution in [0.2, 0.25) is 0 Å². The lowest BCUT2D eigenvalue weighted by Crippen LogP contribution is -2.33. The highest BCUT2D eigenvalue weighted by Gasteiger charge is 2.46. The van der Waals surface area contributed by atoms with Crippen molar-refractivity contribution in [2.45, 2.75) is 53.5 Å². The molecule has 1 N–H and O–H groups in total. The smallest absolute Gasteiger partial charge is 0.295 e. The lowest BCUT2D eigenvalue weighted by atomic mass is 9.94. The maximum atomic E-state index is 13.6. The number of hydrogen-bond donors (Lipinski definition) is 1. The average molecular weight is 581 g/mol. The molecule has 2 aromatic rings. The molecule has 2 heterocycles. The van der Waals surface area contributed by atoms with Crippen molar-refractivity contribution >= 4 is 17.4 Å². The summed E-state index contributed by atoms with van der Waals surface area (Å²) in [5, 5.41) is 11.6. The number of likely N-dealkylation sites (tertiary alicyclic amines) is 1. The van der Waals surface area contributed by atoms with Gasteiger partial charge in [0.15, 0.2) is 23.0 Å². The topological polar surface area (TPSA) is 97.8 Å². The van der Waals surface area contributed by atoms with Crippen molar-refractivity contribution in [3.8, 4) is 23.0 Å². The van der Waals surface area contributed by atoms with E-state index in [1.165, 1.54) is 0 Å². The van der Waals surface area contributed by atoms with E-state index in [0.717, 1.165) is 26.1 Å². The molecule has 1 fully saturated rings. The first-order valence-corrected chi connectivity index (χ1v) is 15.1. The fourth-order valence-corrected chi connectivity index (χ4v) is 5.29. The number of Topliss-reactive ketones (excluding diaryl/α,β-unsaturated/α-hetero) is 1. The number of hydrogen-bond acceptors (Lipinski definition) is 8. The minimum atomic E-state index is -0.793. The molecule has 9 heteroatoms. The Bertz CT molecular complexity index is 1290. The second-order valence-electron chi connectivity index (χ2n) is 10.9. The van der Waals surface area contributed by atoms with Crippen LogP contribution in [0.15, 0.2) is 42.0 Å². The number of aliphatic hydroxyl groups is 1. The number of rotatable bonds is 14. The van der Waals surface area contributed by atoms with E-state index >= 15 is 0 Å². The Labute approximate surface area is 249 Å². The van der Waals surface area contributed by atoms with Crippen LogP contribution in [0.25, 0.3) is 5.76 Å². The van der Waals surface area contributed by atoms with E-state index in [4.69, 9.17) is 18.9 Å². The first-order valence-electron chi connectivity index (χ1n) is 15.1. The summed E-state index contributed by atoms with van der Waals surface area (Å²) in [6.07, 6.45) is 1.58. The van der Waals surface area contributed by atoms with E-state index in [0.29, 0.717) is 79.4 Å².